The van der Waals surface area contributed by atoms with Crippen molar-refractivity contribution >= 4 is 0 Å². The van der Waals surface area contributed by atoms with Crippen molar-refractivity contribution in [2.45, 2.75) is 117 Å². The number of hydrogen-bond acceptors (Lipinski definition) is 4. The van der Waals surface area contributed by atoms with Crippen LogP contribution in [-0.4, -0.2) is 64.2 Å². The zero-order valence-electron chi connectivity index (χ0n) is 25.1. The molecule has 0 aromatic rings. The van der Waals surface area contributed by atoms with E-state index in [2.05, 4.69) is 25.7 Å². The first-order chi connectivity index (χ1) is 18.1. The minimum atomic E-state index is 0.807. The highest BCUT2D eigenvalue weighted by Crippen LogP contribution is 2.30. The van der Waals surface area contributed by atoms with Gasteiger partial charge in [0, 0.05) is 59.3 Å². The third-order valence-corrected chi connectivity index (χ3v) is 9.76. The average Bonchev–Trinajstić information content (AvgIpc) is 2.90. The molecule has 4 heteroatoms. The molecule has 0 aromatic heterocycles. The number of hydrogen-bond donors (Lipinski definition) is 0. The maximum atomic E-state index is 6.12. The maximum Gasteiger partial charge on any atom is 0.0494 e. The van der Waals surface area contributed by atoms with Gasteiger partial charge in [0.1, 0.15) is 0 Å². The second-order valence-corrected chi connectivity index (χ2v) is 13.5. The second kappa shape index (κ2) is 19.0. The van der Waals surface area contributed by atoms with Gasteiger partial charge < -0.3 is 19.1 Å². The third kappa shape index (κ3) is 14.2. The molecule has 0 heterocycles. The Labute approximate surface area is 231 Å². The van der Waals surface area contributed by atoms with E-state index in [1.54, 1.807) is 0 Å². The molecule has 0 spiro atoms. The Morgan fingerprint density at radius 2 is 0.703 bits per heavy atom. The third-order valence-electron chi connectivity index (χ3n) is 9.76. The van der Waals surface area contributed by atoms with Crippen molar-refractivity contribution in [2.24, 2.45) is 35.5 Å². The van der Waals surface area contributed by atoms with Crippen LogP contribution in [0.25, 0.3) is 0 Å². The van der Waals surface area contributed by atoms with Crippen LogP contribution in [0.15, 0.2) is 0 Å². The first kappa shape index (κ1) is 31.4. The van der Waals surface area contributed by atoms with E-state index < -0.39 is 0 Å². The van der Waals surface area contributed by atoms with E-state index in [4.69, 9.17) is 14.2 Å². The molecule has 0 aliphatic heterocycles. The Morgan fingerprint density at radius 3 is 0.973 bits per heavy atom. The van der Waals surface area contributed by atoms with Crippen molar-refractivity contribution in [1.29, 1.82) is 0 Å². The Balaban J connectivity index is 1.25. The molecule has 0 aromatic carbocycles. The Bertz CT molecular complexity index is 458. The predicted octanol–water partition coefficient (Wildman–Crippen LogP) is 7.99. The molecule has 3 aliphatic rings. The summed E-state index contributed by atoms with van der Waals surface area (Å²) >= 11 is 0. The molecule has 0 N–H and O–H groups in total. The van der Waals surface area contributed by atoms with E-state index in [9.17, 15) is 0 Å². The highest BCUT2D eigenvalue weighted by atomic mass is 16.5. The first-order valence-electron chi connectivity index (χ1n) is 16.5. The molecule has 4 nitrogen and oxygen atoms in total. The van der Waals surface area contributed by atoms with Crippen LogP contribution in [0.4, 0.5) is 0 Å². The fourth-order valence-corrected chi connectivity index (χ4v) is 6.74. The van der Waals surface area contributed by atoms with Gasteiger partial charge in [-0.3, -0.25) is 0 Å². The minimum absolute atomic E-state index is 0.807. The van der Waals surface area contributed by atoms with Gasteiger partial charge in [-0.1, -0.05) is 59.3 Å². The zero-order valence-corrected chi connectivity index (χ0v) is 25.1. The van der Waals surface area contributed by atoms with Crippen molar-refractivity contribution in [3.63, 3.8) is 0 Å². The lowest BCUT2D eigenvalue weighted by Crippen LogP contribution is -2.30. The van der Waals surface area contributed by atoms with Crippen LogP contribution in [0.5, 0.6) is 0 Å². The monoisotopic (exact) mass is 521 g/mol. The molecule has 3 fully saturated rings. The largest absolute Gasteiger partial charge is 0.381 e. The molecular weight excluding hydrogens is 458 g/mol. The van der Waals surface area contributed by atoms with E-state index in [1.165, 1.54) is 77.0 Å². The van der Waals surface area contributed by atoms with E-state index >= 15 is 0 Å². The number of ether oxygens (including phenoxy) is 3. The van der Waals surface area contributed by atoms with E-state index in [1.807, 2.05) is 0 Å². The summed E-state index contributed by atoms with van der Waals surface area (Å²) in [4.78, 5) is 2.64. The van der Waals surface area contributed by atoms with Crippen molar-refractivity contribution in [1.82, 2.24) is 4.90 Å². The van der Waals surface area contributed by atoms with Crippen molar-refractivity contribution in [3.8, 4) is 0 Å². The van der Waals surface area contributed by atoms with Gasteiger partial charge in [0.05, 0.1) is 0 Å². The van der Waals surface area contributed by atoms with Gasteiger partial charge >= 0.3 is 0 Å². The molecule has 3 aliphatic carbocycles. The zero-order chi connectivity index (χ0) is 26.1. The normalized spacial score (nSPS) is 31.1. The molecule has 0 atom stereocenters. The topological polar surface area (TPSA) is 30.9 Å². The van der Waals surface area contributed by atoms with E-state index in [0.29, 0.717) is 0 Å². The van der Waals surface area contributed by atoms with Gasteiger partial charge in [-0.2, -0.15) is 0 Å². The Kier molecular flexibility index (Phi) is 16.1. The molecule has 3 saturated carbocycles. The summed E-state index contributed by atoms with van der Waals surface area (Å²) in [6, 6.07) is 0. The van der Waals surface area contributed by atoms with Crippen LogP contribution in [0.2, 0.25) is 0 Å². The van der Waals surface area contributed by atoms with E-state index in [-0.39, 0.29) is 0 Å². The average molecular weight is 522 g/mol. The number of rotatable bonds is 18. The lowest BCUT2D eigenvalue weighted by molar-refractivity contribution is 0.0578. The minimum Gasteiger partial charge on any atom is -0.381 e. The summed E-state index contributed by atoms with van der Waals surface area (Å²) in [5.41, 5.74) is 0. The highest BCUT2D eigenvalue weighted by molar-refractivity contribution is 4.71. The highest BCUT2D eigenvalue weighted by Gasteiger charge is 2.20. The molecule has 0 unspecified atom stereocenters. The molecule has 37 heavy (non-hydrogen) atoms. The van der Waals surface area contributed by atoms with E-state index in [0.717, 1.165) is 114 Å². The predicted molar refractivity (Wildman–Crippen MR) is 156 cm³/mol. The second-order valence-electron chi connectivity index (χ2n) is 13.5. The SMILES string of the molecule is CC1CCC(COCCCN(CCCOCC2CCC(C)CC2)CCCOCC2CCC(C)CC2)CC1. The fraction of sp³-hybridized carbons (Fsp3) is 1.00. The summed E-state index contributed by atoms with van der Waals surface area (Å²) < 4.78 is 18.4. The Hall–Kier alpha value is -0.160. The molecule has 3 rings (SSSR count). The van der Waals surface area contributed by atoms with Gasteiger partial charge in [0.2, 0.25) is 0 Å². The quantitative estimate of drug-likeness (QED) is 0.171. The molecule has 0 amide bonds. The van der Waals surface area contributed by atoms with Crippen LogP contribution in [-0.2, 0) is 14.2 Å². The van der Waals surface area contributed by atoms with Crippen LogP contribution in [0.3, 0.4) is 0 Å². The van der Waals surface area contributed by atoms with Crippen LogP contribution in [0.1, 0.15) is 117 Å². The van der Waals surface area contributed by atoms with Crippen LogP contribution in [0, 0.1) is 35.5 Å². The summed E-state index contributed by atoms with van der Waals surface area (Å²) in [5.74, 6) is 5.20. The Morgan fingerprint density at radius 1 is 0.432 bits per heavy atom. The van der Waals surface area contributed by atoms with Crippen LogP contribution < -0.4 is 0 Å². The molecular formula is C33H63NO3. The summed E-state index contributed by atoms with van der Waals surface area (Å²) in [7, 11) is 0. The molecule has 0 saturated heterocycles. The van der Waals surface area contributed by atoms with Gasteiger partial charge in [-0.15, -0.1) is 0 Å². The summed E-state index contributed by atoms with van der Waals surface area (Å²) in [6.07, 6.45) is 20.0. The first-order valence-corrected chi connectivity index (χ1v) is 16.5. The smallest absolute Gasteiger partial charge is 0.0494 e. The van der Waals surface area contributed by atoms with Gasteiger partial charge in [0.15, 0.2) is 0 Å². The molecule has 0 bridgehead atoms. The van der Waals surface area contributed by atoms with Crippen molar-refractivity contribution in [3.05, 3.63) is 0 Å². The van der Waals surface area contributed by atoms with Crippen molar-refractivity contribution in [2.75, 3.05) is 59.3 Å². The summed E-state index contributed by atoms with van der Waals surface area (Å²) in [5, 5.41) is 0. The standard InChI is InChI=1S/C33H63NO3/c1-28-7-13-31(14-8-28)25-35-22-4-19-34(20-5-23-36-26-32-15-9-29(2)10-16-32)21-6-24-37-27-33-17-11-30(3)12-18-33/h28-33H,4-27H2,1-3H3. The number of nitrogens with zero attached hydrogens (tertiary/aromatic N) is 1. The van der Waals surface area contributed by atoms with Gasteiger partial charge in [0.25, 0.3) is 0 Å². The summed E-state index contributed by atoms with van der Waals surface area (Å²) in [6.45, 7) is 16.3. The molecule has 218 valence electrons. The lowest BCUT2D eigenvalue weighted by Gasteiger charge is -2.27. The fourth-order valence-electron chi connectivity index (χ4n) is 6.74. The maximum absolute atomic E-state index is 6.12. The molecule has 0 radical (unpaired) electrons. The van der Waals surface area contributed by atoms with Gasteiger partial charge in [-0.05, 0) is 93.3 Å². The lowest BCUT2D eigenvalue weighted by atomic mass is 9.83. The van der Waals surface area contributed by atoms with Gasteiger partial charge in [-0.25, -0.2) is 0 Å². The van der Waals surface area contributed by atoms with Crippen molar-refractivity contribution < 1.29 is 14.2 Å². The van der Waals surface area contributed by atoms with Crippen LogP contribution >= 0.6 is 0 Å².